The zero-order valence-electron chi connectivity index (χ0n) is 10.3. The summed E-state index contributed by atoms with van der Waals surface area (Å²) in [4.78, 5) is 10.4. The van der Waals surface area contributed by atoms with Crippen molar-refractivity contribution < 1.29 is 9.66 Å². The number of nitro benzene ring substituents is 1. The molecule has 1 heterocycles. The number of hydrogen-bond donors (Lipinski definition) is 0. The van der Waals surface area contributed by atoms with Crippen LogP contribution in [0.4, 0.5) is 5.69 Å². The normalized spacial score (nSPS) is 17.4. The number of nitrogens with zero attached hydrogens (tertiary/aromatic N) is 1. The number of rotatable bonds is 2. The Morgan fingerprint density at radius 2 is 1.95 bits per heavy atom. The molecule has 0 radical (unpaired) electrons. The summed E-state index contributed by atoms with van der Waals surface area (Å²) < 4.78 is 5.70. The molecule has 1 aliphatic rings. The molecule has 19 heavy (non-hydrogen) atoms. The van der Waals surface area contributed by atoms with Crippen molar-refractivity contribution in [2.45, 2.75) is 12.3 Å². The number of fused-ring (bicyclic) bond motifs is 1. The van der Waals surface area contributed by atoms with Crippen LogP contribution in [0, 0.1) is 10.1 Å². The maximum Gasteiger partial charge on any atom is 0.269 e. The van der Waals surface area contributed by atoms with Crippen LogP contribution in [0.5, 0.6) is 5.75 Å². The molecule has 0 aliphatic carbocycles. The molecule has 1 unspecified atom stereocenters. The zero-order valence-corrected chi connectivity index (χ0v) is 10.3. The molecule has 1 atom stereocenters. The van der Waals surface area contributed by atoms with Crippen LogP contribution >= 0.6 is 0 Å². The smallest absolute Gasteiger partial charge is 0.269 e. The quantitative estimate of drug-likeness (QED) is 0.611. The highest BCUT2D eigenvalue weighted by molar-refractivity contribution is 5.46. The summed E-state index contributed by atoms with van der Waals surface area (Å²) in [6.07, 6.45) is 0.779. The van der Waals surface area contributed by atoms with Crippen LogP contribution in [0.2, 0.25) is 0 Å². The highest BCUT2D eigenvalue weighted by atomic mass is 16.6. The van der Waals surface area contributed by atoms with Gasteiger partial charge in [0.2, 0.25) is 0 Å². The van der Waals surface area contributed by atoms with Crippen LogP contribution in [0.1, 0.15) is 17.0 Å². The zero-order chi connectivity index (χ0) is 13.2. The molecule has 2 aromatic carbocycles. The van der Waals surface area contributed by atoms with Crippen molar-refractivity contribution in [3.8, 4) is 5.75 Å². The van der Waals surface area contributed by atoms with E-state index in [1.165, 1.54) is 11.6 Å². The number of ether oxygens (including phenoxy) is 1. The predicted octanol–water partition coefficient (Wildman–Crippen LogP) is 3.31. The third-order valence-corrected chi connectivity index (χ3v) is 3.43. The molecule has 2 aromatic rings. The van der Waals surface area contributed by atoms with E-state index in [-0.39, 0.29) is 16.5 Å². The lowest BCUT2D eigenvalue weighted by Crippen LogP contribution is -2.19. The Hall–Kier alpha value is -2.36. The van der Waals surface area contributed by atoms with Gasteiger partial charge >= 0.3 is 0 Å². The lowest BCUT2D eigenvalue weighted by atomic mass is 9.90. The van der Waals surface area contributed by atoms with Crippen LogP contribution < -0.4 is 4.74 Å². The van der Waals surface area contributed by atoms with Gasteiger partial charge in [-0.25, -0.2) is 0 Å². The van der Waals surface area contributed by atoms with E-state index >= 15 is 0 Å². The molecule has 3 rings (SSSR count). The van der Waals surface area contributed by atoms with Crippen LogP contribution in [0.25, 0.3) is 0 Å². The van der Waals surface area contributed by atoms with Gasteiger partial charge in [0.15, 0.2) is 0 Å². The van der Waals surface area contributed by atoms with Crippen molar-refractivity contribution in [3.63, 3.8) is 0 Å². The fraction of sp³-hybridized carbons (Fsp3) is 0.200. The molecule has 96 valence electrons. The molecule has 4 nitrogen and oxygen atoms in total. The molecular weight excluding hydrogens is 242 g/mol. The highest BCUT2D eigenvalue weighted by Gasteiger charge is 2.23. The van der Waals surface area contributed by atoms with E-state index in [9.17, 15) is 10.1 Å². The second kappa shape index (κ2) is 4.72. The standard InChI is InChI=1S/C15H13NO3/c17-16(18)14-6-7-15-12(9-14)8-13(10-19-15)11-4-2-1-3-5-11/h1-7,9,13H,8,10H2. The topological polar surface area (TPSA) is 52.4 Å². The first-order valence-corrected chi connectivity index (χ1v) is 6.19. The van der Waals surface area contributed by atoms with Gasteiger partial charge in [0.05, 0.1) is 11.5 Å². The van der Waals surface area contributed by atoms with Crippen molar-refractivity contribution in [3.05, 3.63) is 69.8 Å². The summed E-state index contributed by atoms with van der Waals surface area (Å²) in [7, 11) is 0. The molecule has 0 aromatic heterocycles. The van der Waals surface area contributed by atoms with Crippen molar-refractivity contribution in [1.82, 2.24) is 0 Å². The Kier molecular flexibility index (Phi) is 2.91. The van der Waals surface area contributed by atoms with Gasteiger partial charge in [-0.05, 0) is 18.1 Å². The number of hydrogen-bond acceptors (Lipinski definition) is 3. The van der Waals surface area contributed by atoms with Crippen LogP contribution in [0.15, 0.2) is 48.5 Å². The Bertz CT molecular complexity index is 610. The lowest BCUT2D eigenvalue weighted by molar-refractivity contribution is -0.385. The minimum absolute atomic E-state index is 0.121. The van der Waals surface area contributed by atoms with Gasteiger partial charge in [-0.1, -0.05) is 30.3 Å². The lowest BCUT2D eigenvalue weighted by Gasteiger charge is -2.25. The molecule has 0 amide bonds. The summed E-state index contributed by atoms with van der Waals surface area (Å²) in [5.41, 5.74) is 2.24. The van der Waals surface area contributed by atoms with Gasteiger partial charge in [0, 0.05) is 23.6 Å². The largest absolute Gasteiger partial charge is 0.493 e. The van der Waals surface area contributed by atoms with Crippen LogP contribution in [-0.2, 0) is 6.42 Å². The average molecular weight is 255 g/mol. The van der Waals surface area contributed by atoms with E-state index in [2.05, 4.69) is 12.1 Å². The van der Waals surface area contributed by atoms with Gasteiger partial charge in [0.25, 0.3) is 5.69 Å². The monoisotopic (exact) mass is 255 g/mol. The van der Waals surface area contributed by atoms with Crippen LogP contribution in [-0.4, -0.2) is 11.5 Å². The second-order valence-electron chi connectivity index (χ2n) is 4.67. The Morgan fingerprint density at radius 3 is 2.68 bits per heavy atom. The summed E-state index contributed by atoms with van der Waals surface area (Å²) >= 11 is 0. The van der Waals surface area contributed by atoms with Crippen molar-refractivity contribution in [2.75, 3.05) is 6.61 Å². The van der Waals surface area contributed by atoms with E-state index in [1.807, 2.05) is 18.2 Å². The maximum atomic E-state index is 10.8. The first-order chi connectivity index (χ1) is 9.24. The number of benzene rings is 2. The molecule has 0 fully saturated rings. The van der Waals surface area contributed by atoms with E-state index in [0.717, 1.165) is 17.7 Å². The first-order valence-electron chi connectivity index (χ1n) is 6.19. The fourth-order valence-electron chi connectivity index (χ4n) is 2.43. The predicted molar refractivity (Wildman–Crippen MR) is 71.5 cm³/mol. The second-order valence-corrected chi connectivity index (χ2v) is 4.67. The third kappa shape index (κ3) is 2.29. The Labute approximate surface area is 110 Å². The Balaban J connectivity index is 1.90. The summed E-state index contributed by atoms with van der Waals surface area (Å²) in [6.45, 7) is 0.620. The highest BCUT2D eigenvalue weighted by Crippen LogP contribution is 2.34. The minimum atomic E-state index is -0.369. The summed E-state index contributed by atoms with van der Waals surface area (Å²) in [5.74, 6) is 1.02. The molecule has 1 aliphatic heterocycles. The molecule has 0 bridgehead atoms. The van der Waals surface area contributed by atoms with Crippen LogP contribution in [0.3, 0.4) is 0 Å². The van der Waals surface area contributed by atoms with Gasteiger partial charge in [0.1, 0.15) is 5.75 Å². The molecule has 0 saturated carbocycles. The third-order valence-electron chi connectivity index (χ3n) is 3.43. The van der Waals surface area contributed by atoms with Gasteiger partial charge in [-0.3, -0.25) is 10.1 Å². The van der Waals surface area contributed by atoms with E-state index < -0.39 is 0 Å². The minimum Gasteiger partial charge on any atom is -0.493 e. The van der Waals surface area contributed by atoms with Crippen molar-refractivity contribution in [1.29, 1.82) is 0 Å². The number of non-ortho nitro benzene ring substituents is 1. The summed E-state index contributed by atoms with van der Waals surface area (Å²) in [6, 6.07) is 14.9. The molecule has 4 heteroatoms. The SMILES string of the molecule is O=[N+]([O-])c1ccc2c(c1)CC(c1ccccc1)CO2. The maximum absolute atomic E-state index is 10.8. The van der Waals surface area contributed by atoms with Gasteiger partial charge in [-0.15, -0.1) is 0 Å². The van der Waals surface area contributed by atoms with E-state index in [0.29, 0.717) is 6.61 Å². The first kappa shape index (κ1) is 11.7. The average Bonchev–Trinajstić information content (AvgIpc) is 2.47. The fourth-order valence-corrected chi connectivity index (χ4v) is 2.43. The van der Waals surface area contributed by atoms with E-state index in [1.54, 1.807) is 12.1 Å². The van der Waals surface area contributed by atoms with E-state index in [4.69, 9.17) is 4.74 Å². The van der Waals surface area contributed by atoms with Crippen molar-refractivity contribution in [2.24, 2.45) is 0 Å². The molecule has 0 saturated heterocycles. The van der Waals surface area contributed by atoms with Gasteiger partial charge in [-0.2, -0.15) is 0 Å². The Morgan fingerprint density at radius 1 is 1.16 bits per heavy atom. The van der Waals surface area contributed by atoms with Crippen molar-refractivity contribution >= 4 is 5.69 Å². The molecule has 0 N–H and O–H groups in total. The number of nitro groups is 1. The van der Waals surface area contributed by atoms with Gasteiger partial charge < -0.3 is 4.74 Å². The summed E-state index contributed by atoms with van der Waals surface area (Å²) in [5, 5.41) is 10.8. The molecule has 0 spiro atoms. The molecular formula is C15H13NO3.